The first-order chi connectivity index (χ1) is 16.8. The minimum Gasteiger partial charge on any atom is -0.486 e. The number of fused-ring (bicyclic) bond motifs is 2. The summed E-state index contributed by atoms with van der Waals surface area (Å²) in [6.45, 7) is 2.19. The Morgan fingerprint density at radius 1 is 1.00 bits per heavy atom. The van der Waals surface area contributed by atoms with Crippen LogP contribution in [0.5, 0.6) is 11.5 Å². The molecule has 2 aliphatic heterocycles. The third kappa shape index (κ3) is 4.43. The van der Waals surface area contributed by atoms with Crippen molar-refractivity contribution in [2.45, 2.75) is 50.2 Å². The lowest BCUT2D eigenvalue weighted by atomic mass is 9.81. The second kappa shape index (κ2) is 9.28. The first-order valence-corrected chi connectivity index (χ1v) is 13.5. The van der Waals surface area contributed by atoms with Gasteiger partial charge in [0, 0.05) is 7.05 Å². The Morgan fingerprint density at radius 2 is 1.66 bits per heavy atom. The molecule has 9 heteroatoms. The molecule has 35 heavy (non-hydrogen) atoms. The number of carbonyl (C=O) groups excluding carboxylic acids is 2. The highest BCUT2D eigenvalue weighted by atomic mass is 32.2. The molecule has 1 saturated carbocycles. The summed E-state index contributed by atoms with van der Waals surface area (Å²) in [4.78, 5) is 27.2. The Morgan fingerprint density at radius 3 is 2.34 bits per heavy atom. The lowest BCUT2D eigenvalue weighted by molar-refractivity contribution is -0.140. The van der Waals surface area contributed by atoms with Crippen LogP contribution in [0, 0.1) is 18.8 Å². The van der Waals surface area contributed by atoms with Crippen molar-refractivity contribution in [3.05, 3.63) is 53.6 Å². The molecule has 8 nitrogen and oxygen atoms in total. The van der Waals surface area contributed by atoms with Gasteiger partial charge in [0.15, 0.2) is 11.5 Å². The number of hydrogen-bond donors (Lipinski definition) is 0. The summed E-state index contributed by atoms with van der Waals surface area (Å²) in [7, 11) is -2.32. The van der Waals surface area contributed by atoms with E-state index in [2.05, 4.69) is 0 Å². The first-order valence-electron chi connectivity index (χ1n) is 12.1. The fourth-order valence-electron chi connectivity index (χ4n) is 5.30. The summed E-state index contributed by atoms with van der Waals surface area (Å²) in [6, 6.07) is 12.4. The summed E-state index contributed by atoms with van der Waals surface area (Å²) in [5, 5.41) is 0. The SMILES string of the molecule is Cc1ccc(CN2C(=O)[C@H]3CCCC[C@H]3C2=O)cc1S(=O)(=O)N(C)C[C@@H]1COc2ccccc2O1. The highest BCUT2D eigenvalue weighted by Gasteiger charge is 2.48. The van der Waals surface area contributed by atoms with E-state index in [0.29, 0.717) is 22.6 Å². The number of imide groups is 1. The molecule has 0 radical (unpaired) electrons. The van der Waals surface area contributed by atoms with Crippen LogP contribution in [0.25, 0.3) is 0 Å². The molecule has 0 unspecified atom stereocenters. The Balaban J connectivity index is 1.32. The number of para-hydroxylation sites is 2. The van der Waals surface area contributed by atoms with Crippen LogP contribution in [0.2, 0.25) is 0 Å². The fourth-order valence-corrected chi connectivity index (χ4v) is 6.77. The van der Waals surface area contributed by atoms with Crippen LogP contribution in [0.1, 0.15) is 36.8 Å². The van der Waals surface area contributed by atoms with Crippen LogP contribution in [0.15, 0.2) is 47.4 Å². The first kappa shape index (κ1) is 23.8. The minimum absolute atomic E-state index is 0.0908. The molecule has 2 aromatic carbocycles. The van der Waals surface area contributed by atoms with E-state index >= 15 is 0 Å². The molecule has 0 N–H and O–H groups in total. The molecule has 2 aromatic rings. The van der Waals surface area contributed by atoms with E-state index in [9.17, 15) is 18.0 Å². The number of carbonyl (C=O) groups is 2. The van der Waals surface area contributed by atoms with E-state index in [1.165, 1.54) is 16.3 Å². The van der Waals surface area contributed by atoms with Gasteiger partial charge in [-0.25, -0.2) is 8.42 Å². The maximum absolute atomic E-state index is 13.5. The minimum atomic E-state index is -3.84. The normalized spacial score (nSPS) is 24.1. The molecular formula is C26H30N2O6S. The number of likely N-dealkylation sites (tertiary alicyclic amines) is 1. The van der Waals surface area contributed by atoms with E-state index in [-0.39, 0.29) is 48.2 Å². The molecule has 3 atom stereocenters. The molecule has 3 aliphatic rings. The van der Waals surface area contributed by atoms with Gasteiger partial charge >= 0.3 is 0 Å². The van der Waals surface area contributed by atoms with Crippen LogP contribution < -0.4 is 9.47 Å². The van der Waals surface area contributed by atoms with E-state index in [4.69, 9.17) is 9.47 Å². The van der Waals surface area contributed by atoms with Gasteiger partial charge in [0.25, 0.3) is 0 Å². The van der Waals surface area contributed by atoms with E-state index < -0.39 is 16.1 Å². The van der Waals surface area contributed by atoms with Crippen molar-refractivity contribution in [2.75, 3.05) is 20.2 Å². The summed E-state index contributed by atoms with van der Waals surface area (Å²) in [5.74, 6) is 0.530. The summed E-state index contributed by atoms with van der Waals surface area (Å²) >= 11 is 0. The number of benzene rings is 2. The monoisotopic (exact) mass is 498 g/mol. The second-order valence-electron chi connectivity index (χ2n) is 9.64. The molecule has 186 valence electrons. The van der Waals surface area contributed by atoms with Gasteiger partial charge < -0.3 is 9.47 Å². The zero-order chi connectivity index (χ0) is 24.7. The average Bonchev–Trinajstić information content (AvgIpc) is 3.10. The standard InChI is InChI=1S/C26H30N2O6S/c1-17-11-12-18(14-28-25(29)20-7-3-4-8-21(20)26(28)30)13-24(17)35(31,32)27(2)15-19-16-33-22-9-5-6-10-23(22)34-19/h5-6,9-13,19-21H,3-4,7-8,14-16H2,1-2H3/t19-,20-,21+/m1/s1. The number of amides is 2. The van der Waals surface area contributed by atoms with Crippen molar-refractivity contribution >= 4 is 21.8 Å². The predicted octanol–water partition coefficient (Wildman–Crippen LogP) is 3.13. The molecular weight excluding hydrogens is 468 g/mol. The predicted molar refractivity (Wildman–Crippen MR) is 128 cm³/mol. The van der Waals surface area contributed by atoms with Crippen molar-refractivity contribution < 1.29 is 27.5 Å². The van der Waals surface area contributed by atoms with Crippen LogP contribution in [0.4, 0.5) is 0 Å². The van der Waals surface area contributed by atoms with Gasteiger partial charge in [0.2, 0.25) is 21.8 Å². The average molecular weight is 499 g/mol. The van der Waals surface area contributed by atoms with Crippen molar-refractivity contribution in [1.82, 2.24) is 9.21 Å². The van der Waals surface area contributed by atoms with Gasteiger partial charge in [0.05, 0.1) is 29.8 Å². The quantitative estimate of drug-likeness (QED) is 0.568. The lowest BCUT2D eigenvalue weighted by Gasteiger charge is -2.29. The van der Waals surface area contributed by atoms with Crippen molar-refractivity contribution in [3.63, 3.8) is 0 Å². The number of rotatable bonds is 6. The van der Waals surface area contributed by atoms with E-state index in [0.717, 1.165) is 25.7 Å². The van der Waals surface area contributed by atoms with Crippen LogP contribution in [-0.2, 0) is 26.2 Å². The third-order valence-electron chi connectivity index (χ3n) is 7.24. The molecule has 5 rings (SSSR count). The smallest absolute Gasteiger partial charge is 0.243 e. The molecule has 2 heterocycles. The molecule has 1 aliphatic carbocycles. The van der Waals surface area contributed by atoms with E-state index in [1.54, 1.807) is 31.2 Å². The van der Waals surface area contributed by atoms with Gasteiger partial charge in [-0.05, 0) is 49.1 Å². The highest BCUT2D eigenvalue weighted by Crippen LogP contribution is 2.39. The number of sulfonamides is 1. The maximum Gasteiger partial charge on any atom is 0.243 e. The fraction of sp³-hybridized carbons (Fsp3) is 0.462. The zero-order valence-corrected chi connectivity index (χ0v) is 20.8. The number of aryl methyl sites for hydroxylation is 1. The van der Waals surface area contributed by atoms with Crippen LogP contribution >= 0.6 is 0 Å². The second-order valence-corrected chi connectivity index (χ2v) is 11.7. The van der Waals surface area contributed by atoms with Gasteiger partial charge in [-0.3, -0.25) is 14.5 Å². The van der Waals surface area contributed by atoms with E-state index in [1.807, 2.05) is 18.2 Å². The number of nitrogens with zero attached hydrogens (tertiary/aromatic N) is 2. The summed E-state index contributed by atoms with van der Waals surface area (Å²) in [6.07, 6.45) is 2.99. The van der Waals surface area contributed by atoms with Gasteiger partial charge in [-0.1, -0.05) is 37.1 Å². The largest absolute Gasteiger partial charge is 0.486 e. The summed E-state index contributed by atoms with van der Waals surface area (Å²) in [5.41, 5.74) is 1.22. The lowest BCUT2D eigenvalue weighted by Crippen LogP contribution is -2.42. The molecule has 2 amide bonds. The zero-order valence-electron chi connectivity index (χ0n) is 20.0. The number of hydrogen-bond acceptors (Lipinski definition) is 6. The molecule has 1 saturated heterocycles. The topological polar surface area (TPSA) is 93.2 Å². The Labute approximate surface area is 205 Å². The van der Waals surface area contributed by atoms with Crippen molar-refractivity contribution in [1.29, 1.82) is 0 Å². The number of ether oxygens (including phenoxy) is 2. The van der Waals surface area contributed by atoms with Gasteiger partial charge in [0.1, 0.15) is 12.7 Å². The van der Waals surface area contributed by atoms with Gasteiger partial charge in [-0.15, -0.1) is 0 Å². The summed E-state index contributed by atoms with van der Waals surface area (Å²) < 4.78 is 39.9. The number of likely N-dealkylation sites (N-methyl/N-ethyl adjacent to an activating group) is 1. The Hall–Kier alpha value is -2.91. The third-order valence-corrected chi connectivity index (χ3v) is 9.21. The van der Waals surface area contributed by atoms with Crippen LogP contribution in [-0.4, -0.2) is 55.7 Å². The molecule has 0 spiro atoms. The van der Waals surface area contributed by atoms with Gasteiger partial charge in [-0.2, -0.15) is 4.31 Å². The Bertz CT molecular complexity index is 1240. The Kier molecular flexibility index (Phi) is 6.31. The van der Waals surface area contributed by atoms with Crippen LogP contribution in [0.3, 0.4) is 0 Å². The van der Waals surface area contributed by atoms with Crippen molar-refractivity contribution in [3.8, 4) is 11.5 Å². The molecule has 0 bridgehead atoms. The highest BCUT2D eigenvalue weighted by molar-refractivity contribution is 7.89. The van der Waals surface area contributed by atoms with Crippen molar-refractivity contribution in [2.24, 2.45) is 11.8 Å². The molecule has 0 aromatic heterocycles. The maximum atomic E-state index is 13.5. The molecule has 2 fully saturated rings.